The van der Waals surface area contributed by atoms with Gasteiger partial charge in [-0.25, -0.2) is 0 Å². The van der Waals surface area contributed by atoms with Gasteiger partial charge in [-0.2, -0.15) is 0 Å². The largest absolute Gasteiger partial charge is 2.00 e. The first-order chi connectivity index (χ1) is 3.00. The second kappa shape index (κ2) is 1900. The fraction of sp³-hybridized carbons (Fsp3) is 0. The Bertz CT molecular complexity index is 38.7. The zero-order chi connectivity index (χ0) is 6.00. The van der Waals surface area contributed by atoms with Crippen molar-refractivity contribution in [3.8, 4) is 0 Å². The van der Waals surface area contributed by atoms with E-state index in [1.165, 1.54) is 0 Å². The molecule has 0 bridgehead atoms. The minimum Gasteiger partial charge on any atom is 2.00 e. The van der Waals surface area contributed by atoms with E-state index in [0.717, 1.165) is 0 Å². The minimum atomic E-state index is 0. The van der Waals surface area contributed by atoms with Crippen LogP contribution in [0.2, 0.25) is 0 Å². The molecule has 0 aromatic heterocycles. The summed E-state index contributed by atoms with van der Waals surface area (Å²) in [6, 6.07) is 0. The van der Waals surface area contributed by atoms with Crippen LogP contribution in [-0.2, 0) is 31.0 Å². The number of hydrogen-bond acceptors (Lipinski definition) is 0. The van der Waals surface area contributed by atoms with Gasteiger partial charge in [-0.3, -0.25) is 0 Å². The molecule has 0 N–H and O–H groups in total. The molecule has 0 atom stereocenters. The van der Waals surface area contributed by atoms with Gasteiger partial charge in [0.25, 0.3) is 0 Å². The van der Waals surface area contributed by atoms with E-state index in [2.05, 4.69) is 20.0 Å². The maximum absolute atomic E-state index is 7.50. The second-order valence-corrected chi connectivity index (χ2v) is 0. The van der Waals surface area contributed by atoms with Crippen LogP contribution < -0.4 is 0 Å². The summed E-state index contributed by atoms with van der Waals surface area (Å²) in [4.78, 5) is 0. The van der Waals surface area contributed by atoms with Crippen molar-refractivity contribution >= 4 is 0 Å². The third kappa shape index (κ3) is 1180. The number of rotatable bonds is 0. The van der Waals surface area contributed by atoms with Crippen molar-refractivity contribution in [1.29, 1.82) is 0 Å². The summed E-state index contributed by atoms with van der Waals surface area (Å²) in [5.74, 6) is 0. The average molecular weight is 139 g/mol. The van der Waals surface area contributed by atoms with Crippen molar-refractivity contribution in [3.05, 3.63) is 20.0 Å². The van der Waals surface area contributed by atoms with Gasteiger partial charge in [0.2, 0.25) is 0 Å². The van der Waals surface area contributed by atoms with E-state index in [4.69, 9.17) is 14.0 Å². The van der Waals surface area contributed by atoms with Crippen LogP contribution in [0.25, 0.3) is 0 Å². The molecular weight excluding hydrogens is 139 g/mol. The topological polar surface area (TPSA) is 59.7 Å². The third-order valence-electron chi connectivity index (χ3n) is 0. The van der Waals surface area contributed by atoms with Crippen molar-refractivity contribution < 1.29 is 31.0 Å². The van der Waals surface area contributed by atoms with Gasteiger partial charge in [-0.15, -0.1) is 0 Å². The van der Waals surface area contributed by atoms with E-state index < -0.39 is 0 Å². The molecule has 0 spiro atoms. The maximum atomic E-state index is 7.50. The minimum absolute atomic E-state index is 0. The molecule has 0 unspecified atom stereocenters. The van der Waals surface area contributed by atoms with Crippen LogP contribution in [0.5, 0.6) is 0 Å². The Morgan fingerprint density at radius 1 is 0.571 bits per heavy atom. The van der Waals surface area contributed by atoms with E-state index in [0.29, 0.717) is 0 Å². The molecule has 7 heavy (non-hydrogen) atoms. The standard InChI is InChI=1S/3CO.Mn/c3*1-2;/q;;;+2. The molecule has 0 amide bonds. The predicted molar refractivity (Wildman–Crippen MR) is 11.8 cm³/mol. The van der Waals surface area contributed by atoms with Crippen LogP contribution in [0.1, 0.15) is 0 Å². The molecule has 1 radical (unpaired) electrons. The van der Waals surface area contributed by atoms with Crippen LogP contribution in [0.15, 0.2) is 0 Å². The molecule has 0 aromatic carbocycles. The van der Waals surface area contributed by atoms with Crippen molar-refractivity contribution in [2.75, 3.05) is 0 Å². The molecule has 3 nitrogen and oxygen atoms in total. The Hall–Kier alpha value is -0.261. The first-order valence-corrected chi connectivity index (χ1v) is 0.612. The molecule has 0 saturated carbocycles. The molecule has 0 aromatic rings. The Labute approximate surface area is 51.7 Å². The fourth-order valence-corrected chi connectivity index (χ4v) is 0. The third-order valence-corrected chi connectivity index (χ3v) is 0. The quantitative estimate of drug-likeness (QED) is 0.255. The summed E-state index contributed by atoms with van der Waals surface area (Å²) in [5, 5.41) is 0. The van der Waals surface area contributed by atoms with Gasteiger partial charge in [0, 0.05) is 0 Å². The summed E-state index contributed by atoms with van der Waals surface area (Å²) in [6.07, 6.45) is 0. The van der Waals surface area contributed by atoms with Gasteiger partial charge in [0.1, 0.15) is 0 Å². The molecule has 0 aliphatic carbocycles. The molecule has 0 aliphatic heterocycles. The summed E-state index contributed by atoms with van der Waals surface area (Å²) < 4.78 is 22.5. The Balaban J connectivity index is -0.00000000900. The van der Waals surface area contributed by atoms with Gasteiger partial charge in [-0.1, -0.05) is 0 Å². The van der Waals surface area contributed by atoms with Crippen molar-refractivity contribution in [3.63, 3.8) is 0 Å². The molecule has 35 valence electrons. The molecule has 0 fully saturated rings. The molecular formula is C3MnO3+2. The van der Waals surface area contributed by atoms with Crippen molar-refractivity contribution in [2.45, 2.75) is 0 Å². The van der Waals surface area contributed by atoms with Crippen molar-refractivity contribution in [1.82, 2.24) is 0 Å². The summed E-state index contributed by atoms with van der Waals surface area (Å²) in [5.41, 5.74) is 0. The zero-order valence-electron chi connectivity index (χ0n) is 3.10. The van der Waals surface area contributed by atoms with Gasteiger partial charge in [-0.05, 0) is 0 Å². The first-order valence-electron chi connectivity index (χ1n) is 0.612. The Morgan fingerprint density at radius 3 is 0.571 bits per heavy atom. The summed E-state index contributed by atoms with van der Waals surface area (Å²) in [7, 11) is 0. The maximum Gasteiger partial charge on any atom is 2.00 e. The van der Waals surface area contributed by atoms with Crippen molar-refractivity contribution in [2.24, 2.45) is 0 Å². The Morgan fingerprint density at radius 2 is 0.571 bits per heavy atom. The molecule has 4 heteroatoms. The summed E-state index contributed by atoms with van der Waals surface area (Å²) in [6.45, 7) is 13.5. The van der Waals surface area contributed by atoms with Gasteiger partial charge in [0.05, 0.1) is 0 Å². The Kier molecular flexibility index (Phi) is 8030. The average Bonchev–Trinajstić information content (AvgIpc) is 1.81. The number of hydrogen-bond donors (Lipinski definition) is 0. The second-order valence-electron chi connectivity index (χ2n) is 0. The SMILES string of the molecule is [C-]#[O+].[C-]#[O+].[C-]#[O+].[Mn+2]. The van der Waals surface area contributed by atoms with Crippen LogP contribution in [-0.4, -0.2) is 0 Å². The van der Waals surface area contributed by atoms with E-state index in [1.54, 1.807) is 0 Å². The molecule has 0 aliphatic rings. The fourth-order valence-electron chi connectivity index (χ4n) is 0. The van der Waals surface area contributed by atoms with Gasteiger partial charge < -0.3 is 0 Å². The van der Waals surface area contributed by atoms with Crippen LogP contribution in [0.3, 0.4) is 0 Å². The monoisotopic (exact) mass is 139 g/mol. The normalized spacial score (nSPS) is 0.857. The summed E-state index contributed by atoms with van der Waals surface area (Å²) >= 11 is 0. The molecule has 0 saturated heterocycles. The van der Waals surface area contributed by atoms with Crippen LogP contribution in [0, 0.1) is 20.0 Å². The first kappa shape index (κ1) is 29.6. The van der Waals surface area contributed by atoms with Crippen LogP contribution >= 0.6 is 0 Å². The van der Waals surface area contributed by atoms with E-state index in [9.17, 15) is 0 Å². The van der Waals surface area contributed by atoms with E-state index in [-0.39, 0.29) is 17.1 Å². The zero-order valence-corrected chi connectivity index (χ0v) is 4.28. The van der Waals surface area contributed by atoms with E-state index >= 15 is 0 Å². The van der Waals surface area contributed by atoms with Crippen LogP contribution in [0.4, 0.5) is 0 Å². The molecule has 0 rings (SSSR count). The van der Waals surface area contributed by atoms with Gasteiger partial charge >= 0.3 is 51.0 Å². The van der Waals surface area contributed by atoms with Gasteiger partial charge in [0.15, 0.2) is 0 Å². The smallest absolute Gasteiger partial charge is 2.00 e. The predicted octanol–water partition coefficient (Wildman–Crippen LogP) is -0.115. The van der Waals surface area contributed by atoms with E-state index in [1.807, 2.05) is 0 Å². The molecule has 0 heterocycles.